The largest absolute Gasteiger partial charge is 0.458 e. The maximum Gasteiger partial charge on any atom is 0.443 e. The zero-order valence-electron chi connectivity index (χ0n) is 14.6. The van der Waals surface area contributed by atoms with Gasteiger partial charge in [-0.05, 0) is 24.3 Å². The molecule has 0 bridgehead atoms. The molecule has 0 N–H and O–H groups in total. The highest BCUT2D eigenvalue weighted by Crippen LogP contribution is 2.31. The third-order valence-corrected chi connectivity index (χ3v) is 5.12. The third kappa shape index (κ3) is 3.70. The van der Waals surface area contributed by atoms with E-state index >= 15 is 0 Å². The molecule has 4 aromatic rings. The maximum absolute atomic E-state index is 13.0. The number of rotatable bonds is 4. The summed E-state index contributed by atoms with van der Waals surface area (Å²) in [4.78, 5) is 24.9. The normalized spacial score (nSPS) is 11.9. The van der Waals surface area contributed by atoms with Crippen molar-refractivity contribution in [1.29, 1.82) is 0 Å². The quantitative estimate of drug-likeness (QED) is 0.481. The van der Waals surface area contributed by atoms with Crippen LogP contribution in [0.5, 0.6) is 6.01 Å². The number of benzene rings is 1. The third-order valence-electron chi connectivity index (χ3n) is 3.93. The lowest BCUT2D eigenvalue weighted by Crippen LogP contribution is -2.22. The zero-order chi connectivity index (χ0) is 20.8. The van der Waals surface area contributed by atoms with Crippen LogP contribution in [-0.4, -0.2) is 24.1 Å². The second-order valence-corrected chi connectivity index (χ2v) is 7.26. The van der Waals surface area contributed by atoms with Crippen LogP contribution in [0.2, 0.25) is 5.02 Å². The van der Waals surface area contributed by atoms with Gasteiger partial charge in [-0.1, -0.05) is 11.6 Å². The fraction of sp³-hybridized carbons (Fsp3) is 0.176. The number of aryl methyl sites for hydroxylation is 1. The SMILES string of the molecule is Cn1cnc2c(=O)n(-c3ccc(Cl)cc3)c(OCc3csc(C(F)(F)F)n3)nc21. The first-order valence-electron chi connectivity index (χ1n) is 8.08. The molecule has 0 saturated heterocycles. The molecule has 0 radical (unpaired) electrons. The first-order chi connectivity index (χ1) is 13.7. The van der Waals surface area contributed by atoms with E-state index in [1.807, 2.05) is 0 Å². The van der Waals surface area contributed by atoms with Crippen LogP contribution in [0.1, 0.15) is 10.7 Å². The number of hydrogen-bond acceptors (Lipinski definition) is 6. The lowest BCUT2D eigenvalue weighted by atomic mass is 10.3. The molecule has 150 valence electrons. The molecular weight excluding hydrogens is 431 g/mol. The van der Waals surface area contributed by atoms with E-state index < -0.39 is 16.7 Å². The Morgan fingerprint density at radius 3 is 2.59 bits per heavy atom. The summed E-state index contributed by atoms with van der Waals surface area (Å²) in [5.74, 6) is 0. The molecule has 0 fully saturated rings. The number of aromatic nitrogens is 5. The second kappa shape index (κ2) is 7.16. The summed E-state index contributed by atoms with van der Waals surface area (Å²) in [6.45, 7) is -0.296. The minimum atomic E-state index is -4.53. The van der Waals surface area contributed by atoms with Crippen LogP contribution in [0.4, 0.5) is 13.2 Å². The van der Waals surface area contributed by atoms with Gasteiger partial charge in [0.15, 0.2) is 16.2 Å². The standard InChI is InChI=1S/C17H11ClF3N5O2S/c1-25-8-22-12-13(25)24-16(26(14(12)27)11-4-2-9(18)3-5-11)28-6-10-7-29-15(23-10)17(19,20)21/h2-5,7-8H,6H2,1H3. The minimum absolute atomic E-state index is 0.0735. The molecule has 12 heteroatoms. The summed E-state index contributed by atoms with van der Waals surface area (Å²) in [5, 5.41) is 0.746. The van der Waals surface area contributed by atoms with Gasteiger partial charge in [0.25, 0.3) is 5.56 Å². The summed E-state index contributed by atoms with van der Waals surface area (Å²) >= 11 is 6.38. The summed E-state index contributed by atoms with van der Waals surface area (Å²) in [5.41, 5.74) is 0.419. The summed E-state index contributed by atoms with van der Waals surface area (Å²) in [6.07, 6.45) is -3.09. The molecular formula is C17H11ClF3N5O2S. The van der Waals surface area contributed by atoms with E-state index in [4.69, 9.17) is 16.3 Å². The number of ether oxygens (including phenoxy) is 1. The van der Waals surface area contributed by atoms with Gasteiger partial charge in [0.05, 0.1) is 17.7 Å². The topological polar surface area (TPSA) is 74.8 Å². The van der Waals surface area contributed by atoms with Crippen molar-refractivity contribution < 1.29 is 17.9 Å². The Kier molecular flexibility index (Phi) is 4.79. The first kappa shape index (κ1) is 19.4. The van der Waals surface area contributed by atoms with Gasteiger partial charge in [-0.15, -0.1) is 11.3 Å². The fourth-order valence-electron chi connectivity index (χ4n) is 2.60. The van der Waals surface area contributed by atoms with E-state index in [2.05, 4.69) is 15.0 Å². The molecule has 3 heterocycles. The zero-order valence-corrected chi connectivity index (χ0v) is 16.2. The number of thiazole rings is 1. The molecule has 0 unspecified atom stereocenters. The molecule has 0 spiro atoms. The molecule has 29 heavy (non-hydrogen) atoms. The summed E-state index contributed by atoms with van der Waals surface area (Å²) < 4.78 is 46.6. The fourth-order valence-corrected chi connectivity index (χ4v) is 3.39. The molecule has 3 aromatic heterocycles. The van der Waals surface area contributed by atoms with Gasteiger partial charge in [-0.25, -0.2) is 14.5 Å². The van der Waals surface area contributed by atoms with Crippen molar-refractivity contribution in [3.05, 3.63) is 62.1 Å². The highest BCUT2D eigenvalue weighted by atomic mass is 35.5. The van der Waals surface area contributed by atoms with Crippen LogP contribution < -0.4 is 10.3 Å². The monoisotopic (exact) mass is 441 g/mol. The number of imidazole rings is 1. The molecule has 7 nitrogen and oxygen atoms in total. The Bertz CT molecular complexity index is 1250. The van der Waals surface area contributed by atoms with Crippen LogP contribution in [0.25, 0.3) is 16.9 Å². The van der Waals surface area contributed by atoms with E-state index in [0.717, 1.165) is 0 Å². The number of fused-ring (bicyclic) bond motifs is 1. The Hall–Kier alpha value is -2.92. The minimum Gasteiger partial charge on any atom is -0.458 e. The molecule has 0 aliphatic carbocycles. The Labute approximate surface area is 170 Å². The van der Waals surface area contributed by atoms with Crippen molar-refractivity contribution in [2.24, 2.45) is 7.05 Å². The highest BCUT2D eigenvalue weighted by molar-refractivity contribution is 7.09. The van der Waals surface area contributed by atoms with Crippen molar-refractivity contribution in [1.82, 2.24) is 24.1 Å². The van der Waals surface area contributed by atoms with E-state index in [9.17, 15) is 18.0 Å². The molecule has 1 aromatic carbocycles. The smallest absolute Gasteiger partial charge is 0.443 e. The second-order valence-electron chi connectivity index (χ2n) is 5.97. The first-order valence-corrected chi connectivity index (χ1v) is 9.34. The average Bonchev–Trinajstić information content (AvgIpc) is 3.29. The molecule has 0 aliphatic rings. The van der Waals surface area contributed by atoms with E-state index in [1.54, 1.807) is 35.9 Å². The average molecular weight is 442 g/mol. The Balaban J connectivity index is 1.76. The highest BCUT2D eigenvalue weighted by Gasteiger charge is 2.34. The van der Waals surface area contributed by atoms with Crippen LogP contribution in [0.3, 0.4) is 0 Å². The van der Waals surface area contributed by atoms with Crippen LogP contribution in [-0.2, 0) is 19.8 Å². The van der Waals surface area contributed by atoms with Crippen molar-refractivity contribution >= 4 is 34.1 Å². The number of hydrogen-bond donors (Lipinski definition) is 0. The number of halogens is 4. The van der Waals surface area contributed by atoms with Crippen molar-refractivity contribution in [2.45, 2.75) is 12.8 Å². The van der Waals surface area contributed by atoms with Crippen molar-refractivity contribution in [3.63, 3.8) is 0 Å². The number of nitrogens with zero attached hydrogens (tertiary/aromatic N) is 5. The van der Waals surface area contributed by atoms with Gasteiger partial charge < -0.3 is 9.30 Å². The molecule has 4 rings (SSSR count). The van der Waals surface area contributed by atoms with Gasteiger partial charge in [0, 0.05) is 17.5 Å². The van der Waals surface area contributed by atoms with E-state index in [-0.39, 0.29) is 29.5 Å². The van der Waals surface area contributed by atoms with E-state index in [1.165, 1.54) is 16.3 Å². The van der Waals surface area contributed by atoms with Crippen LogP contribution in [0.15, 0.2) is 40.8 Å². The molecule has 0 aliphatic heterocycles. The Morgan fingerprint density at radius 1 is 1.21 bits per heavy atom. The molecule has 0 atom stereocenters. The van der Waals surface area contributed by atoms with Crippen molar-refractivity contribution in [3.8, 4) is 11.7 Å². The van der Waals surface area contributed by atoms with Crippen LogP contribution >= 0.6 is 22.9 Å². The maximum atomic E-state index is 13.0. The van der Waals surface area contributed by atoms with Gasteiger partial charge in [-0.2, -0.15) is 18.2 Å². The van der Waals surface area contributed by atoms with Gasteiger partial charge >= 0.3 is 12.2 Å². The molecule has 0 saturated carbocycles. The predicted molar refractivity (Wildman–Crippen MR) is 101 cm³/mol. The Morgan fingerprint density at radius 2 is 1.93 bits per heavy atom. The predicted octanol–water partition coefficient (Wildman–Crippen LogP) is 3.83. The van der Waals surface area contributed by atoms with Crippen molar-refractivity contribution in [2.75, 3.05) is 0 Å². The lowest BCUT2D eigenvalue weighted by Gasteiger charge is -2.12. The van der Waals surface area contributed by atoms with Gasteiger partial charge in [-0.3, -0.25) is 4.79 Å². The number of alkyl halides is 3. The van der Waals surface area contributed by atoms with E-state index in [0.29, 0.717) is 22.0 Å². The summed E-state index contributed by atoms with van der Waals surface area (Å²) in [7, 11) is 1.66. The summed E-state index contributed by atoms with van der Waals surface area (Å²) in [6, 6.07) is 6.27. The van der Waals surface area contributed by atoms with Crippen LogP contribution in [0, 0.1) is 0 Å². The van der Waals surface area contributed by atoms with Gasteiger partial charge in [0.2, 0.25) is 0 Å². The van der Waals surface area contributed by atoms with Gasteiger partial charge in [0.1, 0.15) is 6.61 Å². The molecule has 0 amide bonds. The lowest BCUT2D eigenvalue weighted by molar-refractivity contribution is -0.137.